The van der Waals surface area contributed by atoms with Gasteiger partial charge in [0.25, 0.3) is 5.56 Å². The minimum Gasteiger partial charge on any atom is -0.367 e. The van der Waals surface area contributed by atoms with Crippen LogP contribution in [0.25, 0.3) is 0 Å². The van der Waals surface area contributed by atoms with E-state index >= 15 is 0 Å². The number of rotatable bonds is 4. The quantitative estimate of drug-likeness (QED) is 0.781. The monoisotopic (exact) mass is 261 g/mol. The molecule has 1 aliphatic rings. The fourth-order valence-electron chi connectivity index (χ4n) is 2.29. The number of aromatic nitrogens is 2. The normalized spacial score (nSPS) is 17.1. The number of nitrogens with zero attached hydrogens (tertiary/aromatic N) is 3. The summed E-state index contributed by atoms with van der Waals surface area (Å²) in [6.45, 7) is 4.28. The van der Waals surface area contributed by atoms with Crippen LogP contribution in [0.15, 0.2) is 10.9 Å². The van der Waals surface area contributed by atoms with E-state index in [1.54, 1.807) is 0 Å². The summed E-state index contributed by atoms with van der Waals surface area (Å²) in [5.41, 5.74) is -0.115. The van der Waals surface area contributed by atoms with Gasteiger partial charge in [0, 0.05) is 31.6 Å². The van der Waals surface area contributed by atoms with Gasteiger partial charge >= 0.3 is 0 Å². The molecule has 0 aliphatic carbocycles. The molecule has 0 saturated carbocycles. The second kappa shape index (κ2) is 6.34. The van der Waals surface area contributed by atoms with Crippen molar-refractivity contribution in [2.24, 2.45) is 0 Å². The number of nitrogens with one attached hydrogen (secondary N) is 2. The van der Waals surface area contributed by atoms with Gasteiger partial charge in [-0.3, -0.25) is 9.69 Å². The van der Waals surface area contributed by atoms with Crippen LogP contribution < -0.4 is 10.9 Å². The van der Waals surface area contributed by atoms with E-state index in [0.717, 1.165) is 25.9 Å². The Bertz CT molecular complexity index is 511. The fourth-order valence-corrected chi connectivity index (χ4v) is 2.29. The zero-order valence-electron chi connectivity index (χ0n) is 11.1. The highest BCUT2D eigenvalue weighted by Gasteiger charge is 2.19. The van der Waals surface area contributed by atoms with Gasteiger partial charge in [-0.2, -0.15) is 5.26 Å². The van der Waals surface area contributed by atoms with Crippen LogP contribution in [0.2, 0.25) is 0 Å². The summed E-state index contributed by atoms with van der Waals surface area (Å²) in [6, 6.07) is 4.00. The molecule has 6 heteroatoms. The Morgan fingerprint density at radius 2 is 2.32 bits per heavy atom. The van der Waals surface area contributed by atoms with Gasteiger partial charge in [-0.1, -0.05) is 6.92 Å². The van der Waals surface area contributed by atoms with Gasteiger partial charge in [-0.15, -0.1) is 0 Å². The van der Waals surface area contributed by atoms with Crippen molar-refractivity contribution in [3.63, 3.8) is 0 Å². The third-order valence-corrected chi connectivity index (χ3v) is 3.36. The van der Waals surface area contributed by atoms with Crippen LogP contribution in [0.1, 0.15) is 25.6 Å². The van der Waals surface area contributed by atoms with E-state index in [0.29, 0.717) is 30.6 Å². The van der Waals surface area contributed by atoms with Crippen molar-refractivity contribution in [1.29, 1.82) is 5.26 Å². The molecule has 1 fully saturated rings. The standard InChI is InChI=1S/C13H19N5O/c1-2-11-16-12(9-13(19)17-11)15-10-3-6-18(7-4-10)8-5-14/h9-10H,2-4,6-8H2,1H3,(H2,15,16,17,19). The third-order valence-electron chi connectivity index (χ3n) is 3.36. The van der Waals surface area contributed by atoms with Crippen molar-refractivity contribution in [1.82, 2.24) is 14.9 Å². The van der Waals surface area contributed by atoms with Crippen molar-refractivity contribution in [2.75, 3.05) is 25.0 Å². The molecular formula is C13H19N5O. The van der Waals surface area contributed by atoms with E-state index in [-0.39, 0.29) is 5.56 Å². The Hall–Kier alpha value is -1.87. The van der Waals surface area contributed by atoms with Gasteiger partial charge in [0.1, 0.15) is 11.6 Å². The molecule has 1 aromatic heterocycles. The zero-order chi connectivity index (χ0) is 13.7. The molecule has 19 heavy (non-hydrogen) atoms. The van der Waals surface area contributed by atoms with Gasteiger partial charge in [0.15, 0.2) is 0 Å². The molecular weight excluding hydrogens is 242 g/mol. The van der Waals surface area contributed by atoms with E-state index in [1.165, 1.54) is 6.07 Å². The van der Waals surface area contributed by atoms with Crippen LogP contribution in [0.3, 0.4) is 0 Å². The Morgan fingerprint density at radius 1 is 1.58 bits per heavy atom. The van der Waals surface area contributed by atoms with Gasteiger partial charge in [-0.05, 0) is 12.8 Å². The molecule has 1 saturated heterocycles. The number of nitriles is 1. The average molecular weight is 261 g/mol. The van der Waals surface area contributed by atoms with Crippen LogP contribution in [-0.4, -0.2) is 40.5 Å². The van der Waals surface area contributed by atoms with Crippen molar-refractivity contribution in [3.8, 4) is 6.07 Å². The largest absolute Gasteiger partial charge is 0.367 e. The molecule has 1 aromatic rings. The summed E-state index contributed by atoms with van der Waals surface area (Å²) >= 11 is 0. The summed E-state index contributed by atoms with van der Waals surface area (Å²) in [5, 5.41) is 12.0. The van der Waals surface area contributed by atoms with Crippen molar-refractivity contribution < 1.29 is 0 Å². The van der Waals surface area contributed by atoms with Gasteiger partial charge in [-0.25, -0.2) is 4.98 Å². The van der Waals surface area contributed by atoms with E-state index in [4.69, 9.17) is 5.26 Å². The highest BCUT2D eigenvalue weighted by atomic mass is 16.1. The van der Waals surface area contributed by atoms with Gasteiger partial charge < -0.3 is 10.3 Å². The number of H-pyrrole nitrogens is 1. The topological polar surface area (TPSA) is 84.8 Å². The number of hydrogen-bond donors (Lipinski definition) is 2. The molecule has 0 bridgehead atoms. The number of anilines is 1. The fraction of sp³-hybridized carbons (Fsp3) is 0.615. The molecule has 0 radical (unpaired) electrons. The van der Waals surface area contributed by atoms with E-state index in [2.05, 4.69) is 26.3 Å². The molecule has 0 unspecified atom stereocenters. The Balaban J connectivity index is 1.94. The van der Waals surface area contributed by atoms with Crippen LogP contribution in [0.4, 0.5) is 5.82 Å². The summed E-state index contributed by atoms with van der Waals surface area (Å²) in [7, 11) is 0. The number of hydrogen-bond acceptors (Lipinski definition) is 5. The van der Waals surface area contributed by atoms with Crippen LogP contribution in [0.5, 0.6) is 0 Å². The molecule has 1 aliphatic heterocycles. The smallest absolute Gasteiger partial charge is 0.252 e. The summed E-state index contributed by atoms with van der Waals surface area (Å²) in [4.78, 5) is 20.7. The Morgan fingerprint density at radius 3 is 2.95 bits per heavy atom. The number of piperidine rings is 1. The highest BCUT2D eigenvalue weighted by Crippen LogP contribution is 2.14. The molecule has 0 amide bonds. The van der Waals surface area contributed by atoms with Crippen molar-refractivity contribution in [2.45, 2.75) is 32.2 Å². The molecule has 102 valence electrons. The first-order valence-corrected chi connectivity index (χ1v) is 6.67. The molecule has 0 aromatic carbocycles. The maximum Gasteiger partial charge on any atom is 0.252 e. The molecule has 2 heterocycles. The second-order valence-corrected chi connectivity index (χ2v) is 4.78. The lowest BCUT2D eigenvalue weighted by Crippen LogP contribution is -2.39. The Labute approximate surface area is 112 Å². The second-order valence-electron chi connectivity index (χ2n) is 4.78. The minimum atomic E-state index is -0.115. The van der Waals surface area contributed by atoms with Crippen LogP contribution in [-0.2, 0) is 6.42 Å². The van der Waals surface area contributed by atoms with E-state index < -0.39 is 0 Å². The first kappa shape index (κ1) is 13.6. The number of aromatic amines is 1. The lowest BCUT2D eigenvalue weighted by molar-refractivity contribution is 0.242. The predicted octanol–water partition coefficient (Wildman–Crippen LogP) is 0.732. The molecule has 6 nitrogen and oxygen atoms in total. The predicted molar refractivity (Wildman–Crippen MR) is 72.9 cm³/mol. The van der Waals surface area contributed by atoms with Crippen LogP contribution >= 0.6 is 0 Å². The first-order chi connectivity index (χ1) is 9.21. The van der Waals surface area contributed by atoms with Crippen LogP contribution in [0, 0.1) is 11.3 Å². The summed E-state index contributed by atoms with van der Waals surface area (Å²) in [5.74, 6) is 1.36. The first-order valence-electron chi connectivity index (χ1n) is 6.67. The molecule has 2 N–H and O–H groups in total. The van der Waals surface area contributed by atoms with E-state index in [1.807, 2.05) is 6.92 Å². The molecule has 2 rings (SSSR count). The molecule has 0 atom stereocenters. The average Bonchev–Trinajstić information content (AvgIpc) is 2.40. The number of aryl methyl sites for hydroxylation is 1. The summed E-state index contributed by atoms with van der Waals surface area (Å²) in [6.07, 6.45) is 2.65. The Kier molecular flexibility index (Phi) is 4.53. The van der Waals surface area contributed by atoms with Gasteiger partial charge in [0.2, 0.25) is 0 Å². The zero-order valence-corrected chi connectivity index (χ0v) is 11.1. The number of likely N-dealkylation sites (tertiary alicyclic amines) is 1. The maximum atomic E-state index is 11.5. The van der Waals surface area contributed by atoms with Crippen molar-refractivity contribution >= 4 is 5.82 Å². The summed E-state index contributed by atoms with van der Waals surface area (Å²) < 4.78 is 0. The highest BCUT2D eigenvalue weighted by molar-refractivity contribution is 5.34. The third kappa shape index (κ3) is 3.80. The lowest BCUT2D eigenvalue weighted by Gasteiger charge is -2.30. The minimum absolute atomic E-state index is 0.115. The SMILES string of the molecule is CCc1nc(NC2CCN(CC#N)CC2)cc(=O)[nH]1. The maximum absolute atomic E-state index is 11.5. The van der Waals surface area contributed by atoms with E-state index in [9.17, 15) is 4.79 Å². The lowest BCUT2D eigenvalue weighted by atomic mass is 10.1. The van der Waals surface area contributed by atoms with Crippen molar-refractivity contribution in [3.05, 3.63) is 22.2 Å². The van der Waals surface area contributed by atoms with Gasteiger partial charge in [0.05, 0.1) is 12.6 Å². The molecule has 0 spiro atoms.